The van der Waals surface area contributed by atoms with Crippen LogP contribution in [0.25, 0.3) is 0 Å². The molecule has 1 fully saturated rings. The van der Waals surface area contributed by atoms with E-state index in [4.69, 9.17) is 19.4 Å². The molecule has 3 heterocycles. The van der Waals surface area contributed by atoms with Gasteiger partial charge in [-0.05, 0) is 30.7 Å². The van der Waals surface area contributed by atoms with E-state index in [-0.39, 0.29) is 50.4 Å². The Labute approximate surface area is 182 Å². The lowest BCUT2D eigenvalue weighted by Crippen LogP contribution is -2.43. The van der Waals surface area contributed by atoms with Gasteiger partial charge in [0.1, 0.15) is 29.4 Å². The second-order valence-corrected chi connectivity index (χ2v) is 7.51. The first-order valence-electron chi connectivity index (χ1n) is 10.1. The van der Waals surface area contributed by atoms with Gasteiger partial charge in [0.2, 0.25) is 0 Å². The number of hydrogen-bond acceptors (Lipinski definition) is 8. The van der Waals surface area contributed by atoms with Crippen LogP contribution >= 0.6 is 0 Å². The third-order valence-corrected chi connectivity index (χ3v) is 5.11. The summed E-state index contributed by atoms with van der Waals surface area (Å²) in [7, 11) is 0. The van der Waals surface area contributed by atoms with Gasteiger partial charge in [-0.3, -0.25) is 4.79 Å². The Morgan fingerprint density at radius 3 is 2.72 bits per heavy atom. The van der Waals surface area contributed by atoms with Crippen molar-refractivity contribution >= 4 is 11.6 Å². The summed E-state index contributed by atoms with van der Waals surface area (Å²) >= 11 is 0. The third-order valence-electron chi connectivity index (χ3n) is 5.11. The molecular weight excluding hydrogens is 426 g/mol. The Kier molecular flexibility index (Phi) is 6.68. The van der Waals surface area contributed by atoms with E-state index in [1.807, 2.05) is 0 Å². The Bertz CT molecular complexity index is 1030. The van der Waals surface area contributed by atoms with Gasteiger partial charge >= 0.3 is 0 Å². The summed E-state index contributed by atoms with van der Waals surface area (Å²) in [6.45, 7) is 2.09. The van der Waals surface area contributed by atoms with E-state index in [1.54, 1.807) is 6.92 Å². The van der Waals surface area contributed by atoms with Gasteiger partial charge in [-0.25, -0.2) is 18.7 Å². The largest absolute Gasteiger partial charge is 0.394 e. The van der Waals surface area contributed by atoms with Crippen molar-refractivity contribution in [3.63, 3.8) is 0 Å². The molecule has 2 aromatic rings. The van der Waals surface area contributed by atoms with Gasteiger partial charge < -0.3 is 24.7 Å². The van der Waals surface area contributed by atoms with Crippen molar-refractivity contribution in [2.45, 2.75) is 38.2 Å². The maximum atomic E-state index is 13.3. The topological polar surface area (TPSA) is 115 Å². The molecule has 32 heavy (non-hydrogen) atoms. The second-order valence-electron chi connectivity index (χ2n) is 7.51. The van der Waals surface area contributed by atoms with Crippen LogP contribution in [-0.2, 0) is 20.9 Å². The molecule has 170 valence electrons. The summed E-state index contributed by atoms with van der Waals surface area (Å²) in [6, 6.07) is 4.92. The number of aliphatic hydroxyl groups is 1. The lowest BCUT2D eigenvalue weighted by atomic mass is 10.0. The van der Waals surface area contributed by atoms with Crippen LogP contribution in [0.3, 0.4) is 0 Å². The van der Waals surface area contributed by atoms with Gasteiger partial charge in [-0.1, -0.05) is 11.2 Å². The molecule has 2 aliphatic rings. The molecule has 0 saturated carbocycles. The third kappa shape index (κ3) is 5.06. The van der Waals surface area contributed by atoms with Crippen molar-refractivity contribution in [1.29, 1.82) is 0 Å². The predicted molar refractivity (Wildman–Crippen MR) is 107 cm³/mol. The fraction of sp³-hybridized carbons (Fsp3) is 0.429. The minimum atomic E-state index is -0.982. The zero-order valence-corrected chi connectivity index (χ0v) is 17.3. The van der Waals surface area contributed by atoms with E-state index in [0.29, 0.717) is 29.2 Å². The fourth-order valence-electron chi connectivity index (χ4n) is 3.38. The molecular formula is C21H22F2N4O5. The monoisotopic (exact) mass is 448 g/mol. The molecule has 0 bridgehead atoms. The Hall–Kier alpha value is -3.02. The van der Waals surface area contributed by atoms with E-state index in [0.717, 1.165) is 12.1 Å². The number of aryl methyl sites for hydroxylation is 1. The number of amides is 1. The number of oxime groups is 1. The van der Waals surface area contributed by atoms with Gasteiger partial charge in [0.15, 0.2) is 17.7 Å². The predicted octanol–water partition coefficient (Wildman–Crippen LogP) is 1.26. The summed E-state index contributed by atoms with van der Waals surface area (Å²) in [6.07, 6.45) is -0.638. The maximum Gasteiger partial charge on any atom is 0.270 e. The number of aromatic nitrogens is 2. The van der Waals surface area contributed by atoms with Gasteiger partial charge in [0, 0.05) is 13.0 Å². The van der Waals surface area contributed by atoms with Crippen LogP contribution < -0.4 is 5.32 Å². The van der Waals surface area contributed by atoms with Gasteiger partial charge in [0.25, 0.3) is 5.91 Å². The zero-order chi connectivity index (χ0) is 22.7. The smallest absolute Gasteiger partial charge is 0.270 e. The molecule has 2 N–H and O–H groups in total. The van der Waals surface area contributed by atoms with E-state index >= 15 is 0 Å². The number of ether oxygens (including phenoxy) is 2. The van der Waals surface area contributed by atoms with E-state index in [2.05, 4.69) is 20.4 Å². The summed E-state index contributed by atoms with van der Waals surface area (Å²) in [5.41, 5.74) is 1.52. The normalized spacial score (nSPS) is 22.9. The summed E-state index contributed by atoms with van der Waals surface area (Å²) in [4.78, 5) is 26.5. The number of halogens is 2. The quantitative estimate of drug-likeness (QED) is 0.684. The number of carbonyl (C=O) groups is 1. The van der Waals surface area contributed by atoms with Gasteiger partial charge in [-0.2, -0.15) is 0 Å². The molecule has 11 heteroatoms. The molecule has 1 aromatic heterocycles. The number of rotatable bonds is 6. The molecule has 4 rings (SSSR count). The maximum absolute atomic E-state index is 13.3. The number of carbonyl (C=O) groups excluding carboxylic acids is 1. The van der Waals surface area contributed by atoms with Crippen LogP contribution in [0.15, 0.2) is 29.4 Å². The Morgan fingerprint density at radius 2 is 2.00 bits per heavy atom. The minimum absolute atomic E-state index is 0.00834. The average Bonchev–Trinajstić information content (AvgIpc) is 3.30. The van der Waals surface area contributed by atoms with Crippen molar-refractivity contribution in [2.75, 3.05) is 19.8 Å². The molecule has 9 nitrogen and oxygen atoms in total. The summed E-state index contributed by atoms with van der Waals surface area (Å²) < 4.78 is 37.6. The first-order valence-corrected chi connectivity index (χ1v) is 10.1. The zero-order valence-electron chi connectivity index (χ0n) is 17.3. The van der Waals surface area contributed by atoms with Crippen LogP contribution in [-0.4, -0.2) is 64.8 Å². The van der Waals surface area contributed by atoms with Crippen LogP contribution in [0.5, 0.6) is 0 Å². The number of aliphatic hydroxyl groups excluding tert-OH is 1. The Morgan fingerprint density at radius 1 is 1.16 bits per heavy atom. The number of benzene rings is 1. The highest BCUT2D eigenvalue weighted by atomic mass is 19.2. The molecule has 0 radical (unpaired) electrons. The van der Waals surface area contributed by atoms with E-state index in [9.17, 15) is 13.6 Å². The van der Waals surface area contributed by atoms with Crippen molar-refractivity contribution in [2.24, 2.45) is 5.16 Å². The molecule has 1 amide bonds. The standard InChI is InChI=1S/C21H22F2N4O5/c1-11-25-16(17-6-19(32-27-17)20-10-30-13(8-28)9-31-20)5-18(26-11)21(29)24-7-12-2-3-14(22)15(23)4-12/h2-5,13,19-20,28H,6-10H2,1H3,(H,24,29)/t13-,19-,20-/m1/s1. The molecule has 3 atom stereocenters. The van der Waals surface area contributed by atoms with E-state index < -0.39 is 17.5 Å². The lowest BCUT2D eigenvalue weighted by Gasteiger charge is -2.30. The highest BCUT2D eigenvalue weighted by Gasteiger charge is 2.35. The van der Waals surface area contributed by atoms with Crippen molar-refractivity contribution in [3.05, 3.63) is 58.7 Å². The SMILES string of the molecule is Cc1nc(C(=O)NCc2ccc(F)c(F)c2)cc(C2=NO[C@@H]([C@H]3CO[C@H](CO)CO3)C2)n1. The molecule has 0 spiro atoms. The van der Waals surface area contributed by atoms with Crippen LogP contribution in [0.2, 0.25) is 0 Å². The molecule has 0 aliphatic carbocycles. The van der Waals surface area contributed by atoms with Crippen molar-refractivity contribution in [3.8, 4) is 0 Å². The van der Waals surface area contributed by atoms with Gasteiger partial charge in [0.05, 0.1) is 25.5 Å². The number of nitrogens with one attached hydrogen (secondary N) is 1. The lowest BCUT2D eigenvalue weighted by molar-refractivity contribution is -0.178. The summed E-state index contributed by atoms with van der Waals surface area (Å²) in [5, 5.41) is 15.8. The minimum Gasteiger partial charge on any atom is -0.394 e. The highest BCUT2D eigenvalue weighted by molar-refractivity contribution is 6.02. The Balaban J connectivity index is 1.39. The van der Waals surface area contributed by atoms with Gasteiger partial charge in [-0.15, -0.1) is 0 Å². The highest BCUT2D eigenvalue weighted by Crippen LogP contribution is 2.23. The van der Waals surface area contributed by atoms with E-state index in [1.165, 1.54) is 12.1 Å². The molecule has 0 unspecified atom stereocenters. The average molecular weight is 448 g/mol. The fourth-order valence-corrected chi connectivity index (χ4v) is 3.38. The van der Waals surface area contributed by atoms with Crippen LogP contribution in [0.4, 0.5) is 8.78 Å². The first-order chi connectivity index (χ1) is 15.4. The number of nitrogens with zero attached hydrogens (tertiary/aromatic N) is 3. The molecule has 1 saturated heterocycles. The molecule has 2 aliphatic heterocycles. The number of hydrogen-bond donors (Lipinski definition) is 2. The van der Waals surface area contributed by atoms with Crippen molar-refractivity contribution in [1.82, 2.24) is 15.3 Å². The van der Waals surface area contributed by atoms with Crippen molar-refractivity contribution < 1.29 is 33.0 Å². The second kappa shape index (κ2) is 9.63. The molecule has 1 aromatic carbocycles. The van der Waals surface area contributed by atoms with Crippen LogP contribution in [0.1, 0.15) is 34.0 Å². The first kappa shape index (κ1) is 22.2. The van der Waals surface area contributed by atoms with Crippen LogP contribution in [0, 0.1) is 18.6 Å². The summed E-state index contributed by atoms with van der Waals surface area (Å²) in [5.74, 6) is -2.05.